The van der Waals surface area contributed by atoms with Crippen LogP contribution < -0.4 is 0 Å². The van der Waals surface area contributed by atoms with E-state index in [1.807, 2.05) is 6.92 Å². The first-order valence-electron chi connectivity index (χ1n) is 5.46. The first-order chi connectivity index (χ1) is 7.52. The lowest BCUT2D eigenvalue weighted by molar-refractivity contribution is -0.147. The first kappa shape index (κ1) is 14.7. The van der Waals surface area contributed by atoms with Crippen LogP contribution in [-0.4, -0.2) is 25.7 Å². The largest absolute Gasteiger partial charge is 0.466 e. The molecule has 0 aliphatic heterocycles. The number of allylic oxidation sites excluding steroid dienone is 1. The summed E-state index contributed by atoms with van der Waals surface area (Å²) >= 11 is 0. The zero-order chi connectivity index (χ0) is 12.6. The van der Waals surface area contributed by atoms with Crippen LogP contribution in [0.1, 0.15) is 33.6 Å². The maximum absolute atomic E-state index is 11.3. The van der Waals surface area contributed by atoms with E-state index in [0.29, 0.717) is 5.57 Å². The molecular weight excluding hydrogens is 208 g/mol. The van der Waals surface area contributed by atoms with Gasteiger partial charge in [-0.3, -0.25) is 4.79 Å². The molecule has 0 saturated heterocycles. The van der Waals surface area contributed by atoms with Crippen molar-refractivity contribution in [3.63, 3.8) is 0 Å². The van der Waals surface area contributed by atoms with Crippen molar-refractivity contribution < 1.29 is 19.1 Å². The van der Waals surface area contributed by atoms with Crippen molar-refractivity contribution in [3.05, 3.63) is 11.6 Å². The molecule has 0 aromatic carbocycles. The van der Waals surface area contributed by atoms with Gasteiger partial charge in [-0.15, -0.1) is 0 Å². The fourth-order valence-electron chi connectivity index (χ4n) is 0.966. The maximum atomic E-state index is 11.3. The number of hydrogen-bond acceptors (Lipinski definition) is 4. The molecule has 0 amide bonds. The van der Waals surface area contributed by atoms with Crippen molar-refractivity contribution in [2.75, 3.05) is 13.7 Å². The number of unbranched alkanes of at least 4 members (excludes halogenated alkanes) is 1. The summed E-state index contributed by atoms with van der Waals surface area (Å²) in [5, 5.41) is 0. The second-order valence-electron chi connectivity index (χ2n) is 3.77. The molecule has 0 rings (SSSR count). The van der Waals surface area contributed by atoms with Gasteiger partial charge in [0.25, 0.3) is 0 Å². The summed E-state index contributed by atoms with van der Waals surface area (Å²) in [6.07, 6.45) is 3.45. The number of methoxy groups -OCH3 is 1. The second-order valence-corrected chi connectivity index (χ2v) is 3.77. The van der Waals surface area contributed by atoms with Gasteiger partial charge in [0, 0.05) is 0 Å². The summed E-state index contributed by atoms with van der Waals surface area (Å²) in [5.41, 5.74) is 0.401. The average Bonchev–Trinajstić information content (AvgIpc) is 2.27. The van der Waals surface area contributed by atoms with Crippen molar-refractivity contribution in [3.8, 4) is 0 Å². The Morgan fingerprint density at radius 1 is 1.31 bits per heavy atom. The summed E-state index contributed by atoms with van der Waals surface area (Å²) < 4.78 is 9.58. The number of carbonyl (C=O) groups excluding carboxylic acids is 2. The van der Waals surface area contributed by atoms with Gasteiger partial charge < -0.3 is 9.47 Å². The maximum Gasteiger partial charge on any atom is 0.336 e. The summed E-state index contributed by atoms with van der Waals surface area (Å²) in [7, 11) is 1.31. The van der Waals surface area contributed by atoms with E-state index in [9.17, 15) is 9.59 Å². The highest BCUT2D eigenvalue weighted by atomic mass is 16.5. The third-order valence-electron chi connectivity index (χ3n) is 1.97. The fourth-order valence-corrected chi connectivity index (χ4v) is 0.966. The molecule has 0 heterocycles. The lowest BCUT2D eigenvalue weighted by Crippen LogP contribution is -2.17. The van der Waals surface area contributed by atoms with Gasteiger partial charge in [-0.2, -0.15) is 0 Å². The molecule has 0 saturated carbocycles. The SMILES string of the molecule is CCCC=C(COC(=O)C(C)C)C(=O)OC. The smallest absolute Gasteiger partial charge is 0.336 e. The molecule has 0 aliphatic carbocycles. The number of rotatable bonds is 6. The van der Waals surface area contributed by atoms with E-state index >= 15 is 0 Å². The van der Waals surface area contributed by atoms with Crippen LogP contribution in [0.2, 0.25) is 0 Å². The van der Waals surface area contributed by atoms with Crippen LogP contribution in [0, 0.1) is 5.92 Å². The fraction of sp³-hybridized carbons (Fsp3) is 0.667. The Morgan fingerprint density at radius 3 is 2.38 bits per heavy atom. The molecule has 0 aromatic heterocycles. The highest BCUT2D eigenvalue weighted by Crippen LogP contribution is 2.05. The Labute approximate surface area is 96.6 Å². The molecule has 0 radical (unpaired) electrons. The zero-order valence-electron chi connectivity index (χ0n) is 10.4. The lowest BCUT2D eigenvalue weighted by Gasteiger charge is -2.09. The van der Waals surface area contributed by atoms with Gasteiger partial charge in [0.15, 0.2) is 0 Å². The minimum absolute atomic E-state index is 0.0102. The third kappa shape index (κ3) is 5.53. The van der Waals surface area contributed by atoms with Crippen LogP contribution in [0.25, 0.3) is 0 Å². The quantitative estimate of drug-likeness (QED) is 0.516. The third-order valence-corrected chi connectivity index (χ3v) is 1.97. The van der Waals surface area contributed by atoms with Gasteiger partial charge in [0.2, 0.25) is 0 Å². The van der Waals surface area contributed by atoms with Crippen LogP contribution in [0.15, 0.2) is 11.6 Å². The Bertz CT molecular complexity index is 266. The Hall–Kier alpha value is -1.32. The van der Waals surface area contributed by atoms with Crippen molar-refractivity contribution in [2.45, 2.75) is 33.6 Å². The van der Waals surface area contributed by atoms with E-state index in [-0.39, 0.29) is 18.5 Å². The molecule has 4 heteroatoms. The van der Waals surface area contributed by atoms with E-state index in [0.717, 1.165) is 12.8 Å². The van der Waals surface area contributed by atoms with Crippen LogP contribution in [0.3, 0.4) is 0 Å². The molecule has 4 nitrogen and oxygen atoms in total. The Morgan fingerprint density at radius 2 is 1.94 bits per heavy atom. The van der Waals surface area contributed by atoms with Crippen LogP contribution in [0.5, 0.6) is 0 Å². The first-order valence-corrected chi connectivity index (χ1v) is 5.46. The molecule has 0 N–H and O–H groups in total. The Kier molecular flexibility index (Phi) is 7.25. The van der Waals surface area contributed by atoms with Crippen molar-refractivity contribution in [1.29, 1.82) is 0 Å². The molecule has 0 atom stereocenters. The number of hydrogen-bond donors (Lipinski definition) is 0. The highest BCUT2D eigenvalue weighted by molar-refractivity contribution is 5.89. The predicted molar refractivity (Wildman–Crippen MR) is 60.8 cm³/mol. The lowest BCUT2D eigenvalue weighted by atomic mass is 10.2. The van der Waals surface area contributed by atoms with Gasteiger partial charge >= 0.3 is 11.9 Å². The van der Waals surface area contributed by atoms with Gasteiger partial charge in [-0.1, -0.05) is 33.3 Å². The highest BCUT2D eigenvalue weighted by Gasteiger charge is 2.14. The van der Waals surface area contributed by atoms with Crippen molar-refractivity contribution >= 4 is 11.9 Å². The van der Waals surface area contributed by atoms with Crippen LogP contribution in [0.4, 0.5) is 0 Å². The minimum atomic E-state index is -0.440. The number of carbonyl (C=O) groups is 2. The van der Waals surface area contributed by atoms with Crippen LogP contribution in [-0.2, 0) is 19.1 Å². The molecule has 16 heavy (non-hydrogen) atoms. The molecule has 0 spiro atoms. The normalized spacial score (nSPS) is 11.4. The molecule has 0 fully saturated rings. The van der Waals surface area contributed by atoms with E-state index in [1.54, 1.807) is 19.9 Å². The van der Waals surface area contributed by atoms with E-state index in [2.05, 4.69) is 4.74 Å². The number of esters is 2. The standard InChI is InChI=1S/C12H20O4/c1-5-6-7-10(12(14)15-4)8-16-11(13)9(2)3/h7,9H,5-6,8H2,1-4H3. The molecule has 0 aliphatic rings. The van der Waals surface area contributed by atoms with Gasteiger partial charge in [0.1, 0.15) is 6.61 Å². The topological polar surface area (TPSA) is 52.6 Å². The van der Waals surface area contributed by atoms with E-state index in [1.165, 1.54) is 7.11 Å². The van der Waals surface area contributed by atoms with E-state index in [4.69, 9.17) is 4.74 Å². The van der Waals surface area contributed by atoms with Crippen LogP contribution >= 0.6 is 0 Å². The summed E-state index contributed by atoms with van der Waals surface area (Å²) in [6.45, 7) is 5.49. The monoisotopic (exact) mass is 228 g/mol. The summed E-state index contributed by atoms with van der Waals surface area (Å²) in [4.78, 5) is 22.5. The molecule has 92 valence electrons. The molecule has 0 unspecified atom stereocenters. The zero-order valence-corrected chi connectivity index (χ0v) is 10.4. The predicted octanol–water partition coefficient (Wildman–Crippen LogP) is 2.09. The summed E-state index contributed by atoms with van der Waals surface area (Å²) in [5.74, 6) is -0.943. The van der Waals surface area contributed by atoms with Gasteiger partial charge in [0.05, 0.1) is 18.6 Å². The van der Waals surface area contributed by atoms with Gasteiger partial charge in [-0.05, 0) is 6.42 Å². The second kappa shape index (κ2) is 7.91. The molecular formula is C12H20O4. The van der Waals surface area contributed by atoms with Crippen molar-refractivity contribution in [1.82, 2.24) is 0 Å². The van der Waals surface area contributed by atoms with Crippen molar-refractivity contribution in [2.24, 2.45) is 5.92 Å². The molecule has 0 bridgehead atoms. The minimum Gasteiger partial charge on any atom is -0.466 e. The molecule has 0 aromatic rings. The Balaban J connectivity index is 4.33. The summed E-state index contributed by atoms with van der Waals surface area (Å²) in [6, 6.07) is 0. The van der Waals surface area contributed by atoms with Gasteiger partial charge in [-0.25, -0.2) is 4.79 Å². The average molecular weight is 228 g/mol. The van der Waals surface area contributed by atoms with E-state index < -0.39 is 5.97 Å². The number of ether oxygens (including phenoxy) is 2.